The van der Waals surface area contributed by atoms with Crippen molar-refractivity contribution in [3.63, 3.8) is 0 Å². The lowest BCUT2D eigenvalue weighted by molar-refractivity contribution is -0.138. The molecule has 1 atom stereocenters. The number of nitrogens with two attached hydrogens (primary N) is 1. The highest BCUT2D eigenvalue weighted by Gasteiger charge is 2.35. The lowest BCUT2D eigenvalue weighted by atomic mass is 10.0. The number of hydrogen-bond acceptors (Lipinski definition) is 4. The van der Waals surface area contributed by atoms with Crippen LogP contribution in [0, 0.1) is 6.92 Å². The molecule has 0 aliphatic rings. The first-order valence-corrected chi connectivity index (χ1v) is 5.96. The molecule has 18 heavy (non-hydrogen) atoms. The van der Waals surface area contributed by atoms with Crippen LogP contribution in [-0.4, -0.2) is 9.97 Å². The van der Waals surface area contributed by atoms with Crippen LogP contribution in [0.25, 0.3) is 0 Å². The summed E-state index contributed by atoms with van der Waals surface area (Å²) in [5, 5.41) is 0. The molecule has 0 spiro atoms. The third kappa shape index (κ3) is 2.37. The van der Waals surface area contributed by atoms with Crippen LogP contribution in [0.3, 0.4) is 0 Å². The van der Waals surface area contributed by atoms with Crippen molar-refractivity contribution in [3.8, 4) is 0 Å². The zero-order chi connectivity index (χ0) is 13.3. The first-order chi connectivity index (χ1) is 8.41. The number of halogens is 3. The third-order valence-electron chi connectivity index (χ3n) is 2.56. The van der Waals surface area contributed by atoms with Gasteiger partial charge in [0.25, 0.3) is 0 Å². The summed E-state index contributed by atoms with van der Waals surface area (Å²) in [5.41, 5.74) is 7.31. The summed E-state index contributed by atoms with van der Waals surface area (Å²) >= 11 is 1.24. The molecule has 2 N–H and O–H groups in total. The smallest absolute Gasteiger partial charge is 0.319 e. The lowest BCUT2D eigenvalue weighted by Crippen LogP contribution is -2.18. The zero-order valence-corrected chi connectivity index (χ0v) is 10.2. The number of thiazole rings is 1. The molecule has 2 aromatic heterocycles. The van der Waals surface area contributed by atoms with Crippen LogP contribution >= 0.6 is 11.3 Å². The average molecular weight is 273 g/mol. The number of rotatable bonds is 2. The van der Waals surface area contributed by atoms with E-state index in [1.807, 2.05) is 0 Å². The Morgan fingerprint density at radius 2 is 2.11 bits per heavy atom. The largest absolute Gasteiger partial charge is 0.416 e. The highest BCUT2D eigenvalue weighted by Crippen LogP contribution is 2.36. The van der Waals surface area contributed by atoms with Gasteiger partial charge in [0, 0.05) is 22.8 Å². The van der Waals surface area contributed by atoms with Gasteiger partial charge in [-0.25, -0.2) is 4.98 Å². The second-order valence-corrected chi connectivity index (χ2v) is 4.63. The summed E-state index contributed by atoms with van der Waals surface area (Å²) < 4.78 is 38.6. The molecule has 0 saturated carbocycles. The van der Waals surface area contributed by atoms with Crippen LogP contribution in [0.5, 0.6) is 0 Å². The normalized spacial score (nSPS) is 13.6. The van der Waals surface area contributed by atoms with Crippen LogP contribution in [0.15, 0.2) is 24.0 Å². The minimum atomic E-state index is -4.44. The van der Waals surface area contributed by atoms with Crippen molar-refractivity contribution < 1.29 is 13.2 Å². The third-order valence-corrected chi connectivity index (χ3v) is 3.57. The topological polar surface area (TPSA) is 51.8 Å². The predicted molar refractivity (Wildman–Crippen MR) is 62.1 cm³/mol. The second kappa shape index (κ2) is 4.66. The molecular weight excluding hydrogens is 263 g/mol. The fourth-order valence-electron chi connectivity index (χ4n) is 1.66. The van der Waals surface area contributed by atoms with E-state index in [-0.39, 0.29) is 5.56 Å². The first kappa shape index (κ1) is 13.0. The van der Waals surface area contributed by atoms with Gasteiger partial charge < -0.3 is 5.73 Å². The van der Waals surface area contributed by atoms with Crippen molar-refractivity contribution in [2.45, 2.75) is 19.1 Å². The molecule has 2 aromatic rings. The number of aryl methyl sites for hydroxylation is 1. The Morgan fingerprint density at radius 3 is 2.67 bits per heavy atom. The maximum absolute atomic E-state index is 12.9. The molecule has 2 rings (SSSR count). The van der Waals surface area contributed by atoms with Crippen LogP contribution < -0.4 is 5.73 Å². The molecule has 0 aromatic carbocycles. The van der Waals surface area contributed by atoms with Crippen LogP contribution in [0.2, 0.25) is 0 Å². The molecule has 0 aliphatic carbocycles. The predicted octanol–water partition coefficient (Wildman–Crippen LogP) is 2.91. The summed E-state index contributed by atoms with van der Waals surface area (Å²) in [6, 6.07) is 0.0776. The van der Waals surface area contributed by atoms with Gasteiger partial charge in [-0.1, -0.05) is 0 Å². The molecule has 0 bridgehead atoms. The molecule has 0 saturated heterocycles. The van der Waals surface area contributed by atoms with E-state index in [1.165, 1.54) is 11.3 Å². The molecule has 2 heterocycles. The highest BCUT2D eigenvalue weighted by atomic mass is 32.1. The van der Waals surface area contributed by atoms with Crippen LogP contribution in [0.1, 0.15) is 27.7 Å². The van der Waals surface area contributed by atoms with E-state index >= 15 is 0 Å². The van der Waals surface area contributed by atoms with Crippen molar-refractivity contribution in [2.75, 3.05) is 0 Å². The van der Waals surface area contributed by atoms with Gasteiger partial charge in [0.2, 0.25) is 0 Å². The number of nitrogens with zero attached hydrogens (tertiary/aromatic N) is 2. The van der Waals surface area contributed by atoms with Crippen molar-refractivity contribution in [3.05, 3.63) is 45.7 Å². The average Bonchev–Trinajstić information content (AvgIpc) is 2.73. The molecule has 0 fully saturated rings. The van der Waals surface area contributed by atoms with E-state index in [0.29, 0.717) is 10.6 Å². The molecule has 0 amide bonds. The fraction of sp³-hybridized carbons (Fsp3) is 0.273. The van der Waals surface area contributed by atoms with Gasteiger partial charge in [-0.3, -0.25) is 4.98 Å². The maximum atomic E-state index is 12.9. The Labute approximate surface area is 105 Å². The fourth-order valence-corrected chi connectivity index (χ4v) is 2.48. The van der Waals surface area contributed by atoms with Gasteiger partial charge in [0.1, 0.15) is 0 Å². The molecule has 1 unspecified atom stereocenters. The maximum Gasteiger partial charge on any atom is 0.416 e. The minimum Gasteiger partial charge on any atom is -0.319 e. The van der Waals surface area contributed by atoms with Crippen molar-refractivity contribution >= 4 is 11.3 Å². The Balaban J connectivity index is 2.49. The Kier molecular flexibility index (Phi) is 3.36. The molecule has 0 aliphatic heterocycles. The quantitative estimate of drug-likeness (QED) is 0.915. The molecule has 0 radical (unpaired) electrons. The molecular formula is C11H10F3N3S. The monoisotopic (exact) mass is 273 g/mol. The standard InChI is InChI=1S/C11H10F3N3S/c1-6-10(18-5-17-6)9(15)7-4-16-3-2-8(7)11(12,13)14/h2-5,9H,15H2,1H3. The highest BCUT2D eigenvalue weighted by molar-refractivity contribution is 7.09. The van der Waals surface area contributed by atoms with Gasteiger partial charge in [-0.2, -0.15) is 13.2 Å². The molecule has 96 valence electrons. The summed E-state index contributed by atoms with van der Waals surface area (Å²) in [4.78, 5) is 8.33. The first-order valence-electron chi connectivity index (χ1n) is 5.08. The SMILES string of the molecule is Cc1ncsc1C(N)c1cnccc1C(F)(F)F. The number of alkyl halides is 3. The van der Waals surface area contributed by atoms with E-state index in [2.05, 4.69) is 9.97 Å². The van der Waals surface area contributed by atoms with E-state index in [9.17, 15) is 13.2 Å². The zero-order valence-electron chi connectivity index (χ0n) is 9.40. The Hall–Kier alpha value is -1.47. The summed E-state index contributed by atoms with van der Waals surface area (Å²) in [5.74, 6) is 0. The van der Waals surface area contributed by atoms with Crippen LogP contribution in [-0.2, 0) is 6.18 Å². The van der Waals surface area contributed by atoms with E-state index in [4.69, 9.17) is 5.73 Å². The Morgan fingerprint density at radius 1 is 1.39 bits per heavy atom. The summed E-state index contributed by atoms with van der Waals surface area (Å²) in [7, 11) is 0. The minimum absolute atomic E-state index is 0.0302. The van der Waals surface area contributed by atoms with Gasteiger partial charge in [0.15, 0.2) is 0 Å². The Bertz CT molecular complexity index is 550. The van der Waals surface area contributed by atoms with Crippen molar-refractivity contribution in [1.29, 1.82) is 0 Å². The summed E-state index contributed by atoms with van der Waals surface area (Å²) in [6.45, 7) is 1.72. The number of pyridine rings is 1. The van der Waals surface area contributed by atoms with Gasteiger partial charge in [0.05, 0.1) is 22.8 Å². The lowest BCUT2D eigenvalue weighted by Gasteiger charge is -2.17. The second-order valence-electron chi connectivity index (χ2n) is 3.74. The molecule has 7 heteroatoms. The number of aromatic nitrogens is 2. The van der Waals surface area contributed by atoms with E-state index in [0.717, 1.165) is 18.5 Å². The molecule has 3 nitrogen and oxygen atoms in total. The van der Waals surface area contributed by atoms with Crippen molar-refractivity contribution in [2.24, 2.45) is 5.73 Å². The summed E-state index contributed by atoms with van der Waals surface area (Å²) in [6.07, 6.45) is -2.17. The number of hydrogen-bond donors (Lipinski definition) is 1. The van der Waals surface area contributed by atoms with Gasteiger partial charge in [-0.15, -0.1) is 11.3 Å². The van der Waals surface area contributed by atoms with Gasteiger partial charge in [-0.05, 0) is 13.0 Å². The van der Waals surface area contributed by atoms with E-state index < -0.39 is 17.8 Å². The van der Waals surface area contributed by atoms with Gasteiger partial charge >= 0.3 is 6.18 Å². The van der Waals surface area contributed by atoms with E-state index in [1.54, 1.807) is 12.4 Å². The van der Waals surface area contributed by atoms with Crippen LogP contribution in [0.4, 0.5) is 13.2 Å². The van der Waals surface area contributed by atoms with Crippen molar-refractivity contribution in [1.82, 2.24) is 9.97 Å².